The van der Waals surface area contributed by atoms with E-state index in [1.54, 1.807) is 12.1 Å². The van der Waals surface area contributed by atoms with Crippen LogP contribution in [-0.4, -0.2) is 66.3 Å². The van der Waals surface area contributed by atoms with Crippen LogP contribution in [0.4, 0.5) is 13.6 Å². The van der Waals surface area contributed by atoms with Crippen LogP contribution in [0, 0.1) is 11.6 Å². The SMILES string of the molecule is CN(C)CCN(Cc1ccc(F)cc1)C(=O)CN1C(=O)NC(C)(c2ccc(F)cc2)C1=O. The van der Waals surface area contributed by atoms with E-state index < -0.39 is 35.7 Å². The van der Waals surface area contributed by atoms with Gasteiger partial charge in [0, 0.05) is 19.6 Å². The number of amides is 4. The highest BCUT2D eigenvalue weighted by Crippen LogP contribution is 2.29. The number of nitrogens with one attached hydrogen (secondary N) is 1. The van der Waals surface area contributed by atoms with Gasteiger partial charge >= 0.3 is 6.03 Å². The van der Waals surface area contributed by atoms with Gasteiger partial charge in [0.1, 0.15) is 23.7 Å². The molecule has 0 saturated carbocycles. The van der Waals surface area contributed by atoms with Gasteiger partial charge in [-0.05, 0) is 56.4 Å². The molecule has 170 valence electrons. The highest BCUT2D eigenvalue weighted by atomic mass is 19.1. The van der Waals surface area contributed by atoms with Gasteiger partial charge in [0.05, 0.1) is 0 Å². The number of hydrogen-bond acceptors (Lipinski definition) is 4. The summed E-state index contributed by atoms with van der Waals surface area (Å²) in [5.74, 6) is -1.84. The Bertz CT molecular complexity index is 995. The van der Waals surface area contributed by atoms with Crippen LogP contribution in [0.25, 0.3) is 0 Å². The van der Waals surface area contributed by atoms with Gasteiger partial charge in [0.25, 0.3) is 5.91 Å². The predicted octanol–water partition coefficient (Wildman–Crippen LogP) is 2.32. The summed E-state index contributed by atoms with van der Waals surface area (Å²) >= 11 is 0. The largest absolute Gasteiger partial charge is 0.336 e. The molecule has 1 saturated heterocycles. The first kappa shape index (κ1) is 23.3. The van der Waals surface area contributed by atoms with E-state index in [9.17, 15) is 23.2 Å². The predicted molar refractivity (Wildman–Crippen MR) is 114 cm³/mol. The summed E-state index contributed by atoms with van der Waals surface area (Å²) in [6.45, 7) is 2.23. The molecule has 32 heavy (non-hydrogen) atoms. The van der Waals surface area contributed by atoms with Crippen LogP contribution in [0.5, 0.6) is 0 Å². The average molecular weight is 444 g/mol. The van der Waals surface area contributed by atoms with Crippen LogP contribution >= 0.6 is 0 Å². The van der Waals surface area contributed by atoms with E-state index in [1.165, 1.54) is 48.2 Å². The minimum atomic E-state index is -1.39. The fraction of sp³-hybridized carbons (Fsp3) is 0.348. The Morgan fingerprint density at radius 1 is 0.969 bits per heavy atom. The molecule has 1 N–H and O–H groups in total. The molecule has 0 bridgehead atoms. The van der Waals surface area contributed by atoms with Crippen molar-refractivity contribution in [2.24, 2.45) is 0 Å². The summed E-state index contributed by atoms with van der Waals surface area (Å²) in [6.07, 6.45) is 0. The van der Waals surface area contributed by atoms with Crippen LogP contribution in [0.2, 0.25) is 0 Å². The van der Waals surface area contributed by atoms with Crippen molar-refractivity contribution in [2.75, 3.05) is 33.7 Å². The molecule has 0 spiro atoms. The topological polar surface area (TPSA) is 73.0 Å². The van der Waals surface area contributed by atoms with E-state index in [-0.39, 0.29) is 12.4 Å². The van der Waals surface area contributed by atoms with Gasteiger partial charge in [0.15, 0.2) is 0 Å². The van der Waals surface area contributed by atoms with Crippen LogP contribution in [0.3, 0.4) is 0 Å². The number of urea groups is 1. The minimum Gasteiger partial charge on any atom is -0.336 e. The number of halogens is 2. The van der Waals surface area contributed by atoms with Gasteiger partial charge in [0.2, 0.25) is 5.91 Å². The van der Waals surface area contributed by atoms with Gasteiger partial charge in [-0.3, -0.25) is 14.5 Å². The maximum atomic E-state index is 13.3. The summed E-state index contributed by atoms with van der Waals surface area (Å²) in [4.78, 5) is 43.0. The van der Waals surface area contributed by atoms with Crippen LogP contribution < -0.4 is 5.32 Å². The standard InChI is InChI=1S/C23H26F2N4O3/c1-23(17-6-10-19(25)11-7-17)21(31)29(22(32)26-23)15-20(30)28(13-12-27(2)3)14-16-4-8-18(24)9-5-16/h4-11H,12-15H2,1-3H3,(H,26,32). The molecule has 7 nitrogen and oxygen atoms in total. The number of hydrogen-bond donors (Lipinski definition) is 1. The molecule has 0 aromatic heterocycles. The summed E-state index contributed by atoms with van der Waals surface area (Å²) < 4.78 is 26.5. The molecular formula is C23H26F2N4O3. The second-order valence-electron chi connectivity index (χ2n) is 8.20. The van der Waals surface area contributed by atoms with Gasteiger partial charge < -0.3 is 15.1 Å². The third kappa shape index (κ3) is 5.11. The molecular weight excluding hydrogens is 418 g/mol. The van der Waals surface area contributed by atoms with E-state index in [0.717, 1.165) is 10.5 Å². The van der Waals surface area contributed by atoms with Gasteiger partial charge in [-0.25, -0.2) is 13.6 Å². The first-order valence-electron chi connectivity index (χ1n) is 10.2. The van der Waals surface area contributed by atoms with Gasteiger partial charge in [-0.1, -0.05) is 24.3 Å². The normalized spacial score (nSPS) is 18.2. The van der Waals surface area contributed by atoms with Crippen molar-refractivity contribution in [1.29, 1.82) is 0 Å². The summed E-state index contributed by atoms with van der Waals surface area (Å²) in [6, 6.07) is 10.4. The number of benzene rings is 2. The number of nitrogens with zero attached hydrogens (tertiary/aromatic N) is 3. The monoisotopic (exact) mass is 444 g/mol. The Morgan fingerprint density at radius 3 is 2.09 bits per heavy atom. The zero-order valence-corrected chi connectivity index (χ0v) is 18.3. The van der Waals surface area contributed by atoms with E-state index in [4.69, 9.17) is 0 Å². The Kier molecular flexibility index (Phi) is 6.88. The lowest BCUT2D eigenvalue weighted by atomic mass is 9.92. The Hall–Kier alpha value is -3.33. The molecule has 0 aliphatic carbocycles. The summed E-state index contributed by atoms with van der Waals surface area (Å²) in [5.41, 5.74) is -0.244. The molecule has 1 aliphatic rings. The molecule has 1 heterocycles. The van der Waals surface area contributed by atoms with Crippen molar-refractivity contribution in [3.8, 4) is 0 Å². The van der Waals surface area contributed by atoms with E-state index >= 15 is 0 Å². The Morgan fingerprint density at radius 2 is 1.53 bits per heavy atom. The first-order chi connectivity index (χ1) is 15.1. The van der Waals surface area contributed by atoms with Crippen molar-refractivity contribution < 1.29 is 23.2 Å². The van der Waals surface area contributed by atoms with Gasteiger partial charge in [-0.15, -0.1) is 0 Å². The second-order valence-corrected chi connectivity index (χ2v) is 8.20. The molecule has 1 atom stereocenters. The quantitative estimate of drug-likeness (QED) is 0.635. The van der Waals surface area contributed by atoms with E-state index in [1.807, 2.05) is 19.0 Å². The molecule has 2 aromatic rings. The number of carbonyl (C=O) groups is 3. The first-order valence-corrected chi connectivity index (χ1v) is 10.2. The molecule has 0 radical (unpaired) electrons. The summed E-state index contributed by atoms with van der Waals surface area (Å²) in [7, 11) is 3.73. The average Bonchev–Trinajstić information content (AvgIpc) is 2.96. The highest BCUT2D eigenvalue weighted by Gasteiger charge is 2.49. The molecule has 9 heteroatoms. The minimum absolute atomic E-state index is 0.214. The van der Waals surface area contributed by atoms with Gasteiger partial charge in [-0.2, -0.15) is 0 Å². The fourth-order valence-corrected chi connectivity index (χ4v) is 3.48. The number of imide groups is 1. The molecule has 4 amide bonds. The number of carbonyl (C=O) groups excluding carboxylic acids is 3. The molecule has 1 unspecified atom stereocenters. The lowest BCUT2D eigenvalue weighted by Gasteiger charge is -2.27. The van der Waals surface area contributed by atoms with Crippen LogP contribution in [0.15, 0.2) is 48.5 Å². The maximum Gasteiger partial charge on any atom is 0.325 e. The second kappa shape index (κ2) is 9.44. The van der Waals surface area contributed by atoms with Crippen molar-refractivity contribution in [3.05, 3.63) is 71.3 Å². The fourth-order valence-electron chi connectivity index (χ4n) is 3.48. The van der Waals surface area contributed by atoms with Crippen molar-refractivity contribution >= 4 is 17.8 Å². The van der Waals surface area contributed by atoms with Crippen LogP contribution in [-0.2, 0) is 21.7 Å². The third-order valence-electron chi connectivity index (χ3n) is 5.45. The number of rotatable bonds is 8. The van der Waals surface area contributed by atoms with E-state index in [0.29, 0.717) is 18.7 Å². The molecule has 3 rings (SSSR count). The Balaban J connectivity index is 1.76. The molecule has 1 fully saturated rings. The lowest BCUT2D eigenvalue weighted by molar-refractivity contribution is -0.139. The maximum absolute atomic E-state index is 13.3. The van der Waals surface area contributed by atoms with Crippen molar-refractivity contribution in [2.45, 2.75) is 19.0 Å². The zero-order valence-electron chi connectivity index (χ0n) is 18.3. The van der Waals surface area contributed by atoms with E-state index in [2.05, 4.69) is 5.32 Å². The zero-order chi connectivity index (χ0) is 23.5. The van der Waals surface area contributed by atoms with Crippen molar-refractivity contribution in [3.63, 3.8) is 0 Å². The smallest absolute Gasteiger partial charge is 0.325 e. The van der Waals surface area contributed by atoms with Crippen molar-refractivity contribution in [1.82, 2.24) is 20.0 Å². The third-order valence-corrected chi connectivity index (χ3v) is 5.45. The summed E-state index contributed by atoms with van der Waals surface area (Å²) in [5, 5.41) is 2.61. The number of likely N-dealkylation sites (N-methyl/N-ethyl adjacent to an activating group) is 1. The lowest BCUT2D eigenvalue weighted by Crippen LogP contribution is -2.45. The highest BCUT2D eigenvalue weighted by molar-refractivity contribution is 6.09. The van der Waals surface area contributed by atoms with Crippen LogP contribution in [0.1, 0.15) is 18.1 Å². The molecule has 1 aliphatic heterocycles. The Labute approximate surface area is 185 Å². The molecule has 2 aromatic carbocycles.